The molecule has 20 rings (SSSR count). The van der Waals surface area contributed by atoms with Crippen molar-refractivity contribution in [2.24, 2.45) is 0 Å². The van der Waals surface area contributed by atoms with Gasteiger partial charge in [-0.15, -0.1) is 0 Å². The maximum absolute atomic E-state index is 9.96. The van der Waals surface area contributed by atoms with Crippen molar-refractivity contribution >= 4 is 50.5 Å². The van der Waals surface area contributed by atoms with Crippen LogP contribution in [-0.2, 0) is 20.6 Å². The SMILES string of the molecule is N#Cc1cc(-c2cccc3[nH]c(-c4ccc(N5CCNCC5)cc4)cc23)ccc1OC1CCOCC1.N#Cc1cc(-c2cccc3[nH]c(-c4ccc(N5CCOCC5)cc4)cc23)ccc1O[C@@H]1CCN(C2COC2)C1.N#Cc1cc(-c2ccnc3c2C=C(c2ccc(N4CCN(C5CNC5)CC4)cc2)C3)ccc1OC1CCNCC1. The highest BCUT2D eigenvalue weighted by Gasteiger charge is 2.35. The smallest absolute Gasteiger partial charge is 0.137 e. The number of piperazine rings is 2. The highest BCUT2D eigenvalue weighted by atomic mass is 16.5. The Bertz CT molecular complexity index is 5410. The molecule has 8 fully saturated rings. The first-order valence-electron chi connectivity index (χ1n) is 41.2. The molecule has 0 radical (unpaired) electrons. The molecule has 11 aromatic rings. The van der Waals surface area contributed by atoms with E-state index in [4.69, 9.17) is 33.4 Å². The number of pyridine rings is 1. The van der Waals surface area contributed by atoms with Gasteiger partial charge in [-0.25, -0.2) is 0 Å². The van der Waals surface area contributed by atoms with Crippen LogP contribution in [0.2, 0.25) is 0 Å². The van der Waals surface area contributed by atoms with E-state index < -0.39 is 0 Å². The minimum absolute atomic E-state index is 0.102. The van der Waals surface area contributed by atoms with Crippen molar-refractivity contribution in [1.82, 2.24) is 40.7 Å². The lowest BCUT2D eigenvalue weighted by Gasteiger charge is -2.43. The second-order valence-electron chi connectivity index (χ2n) is 31.5. The number of aromatic nitrogens is 3. The average molecular weight is 1530 g/mol. The Kier molecular flexibility index (Phi) is 22.7. The van der Waals surface area contributed by atoms with E-state index in [-0.39, 0.29) is 18.3 Å². The molecular formula is C95H98N14O6. The van der Waals surface area contributed by atoms with Gasteiger partial charge in [0.15, 0.2) is 0 Å². The van der Waals surface area contributed by atoms with Gasteiger partial charge in [0.1, 0.15) is 53.8 Å². The van der Waals surface area contributed by atoms with Crippen molar-refractivity contribution < 1.29 is 28.4 Å². The number of fused-ring (bicyclic) bond motifs is 3. The number of likely N-dealkylation sites (tertiary alicyclic amines) is 1. The van der Waals surface area contributed by atoms with Gasteiger partial charge in [-0.2, -0.15) is 15.8 Å². The average Bonchev–Trinajstić information content (AvgIpc) is 1.64. The summed E-state index contributed by atoms with van der Waals surface area (Å²) in [6, 6.07) is 71.9. The van der Waals surface area contributed by atoms with Gasteiger partial charge in [-0.05, 0) is 197 Å². The lowest BCUT2D eigenvalue weighted by molar-refractivity contribution is -0.0592. The second-order valence-corrected chi connectivity index (χ2v) is 31.5. The van der Waals surface area contributed by atoms with Gasteiger partial charge < -0.3 is 69.0 Å². The van der Waals surface area contributed by atoms with Gasteiger partial charge in [0, 0.05) is 179 Å². The summed E-state index contributed by atoms with van der Waals surface area (Å²) in [5.41, 5.74) is 23.3. The van der Waals surface area contributed by atoms with Gasteiger partial charge in [-0.1, -0.05) is 78.9 Å². The van der Waals surface area contributed by atoms with Gasteiger partial charge >= 0.3 is 0 Å². The number of H-pyrrole nitrogens is 2. The molecule has 20 heteroatoms. The Morgan fingerprint density at radius 3 is 1.41 bits per heavy atom. The Labute approximate surface area is 672 Å². The topological polar surface area (TPSA) is 224 Å². The number of allylic oxidation sites excluding steroid dienone is 1. The summed E-state index contributed by atoms with van der Waals surface area (Å²) < 4.78 is 34.9. The fourth-order valence-corrected chi connectivity index (χ4v) is 17.5. The molecule has 20 nitrogen and oxygen atoms in total. The Hall–Kier alpha value is -11.3. The van der Waals surface area contributed by atoms with E-state index >= 15 is 0 Å². The standard InChI is InChI=1S/C33H36N6O.C32H32N4O3.C30H30N4O2/c34-20-26-17-24(3-6-33(26)40-29-7-10-35-11-8-29)30-9-12-37-32-19-25(18-31(30)32)23-1-4-27(5-2-23)38-13-15-39(16-14-38)28-21-36-22-28;33-18-24-16-23(6-9-32(24)39-27-10-11-36(19-27)26-20-38-21-26)28-2-1-3-30-29(28)17-31(34-30)22-4-7-25(8-5-22)35-12-14-37-15-13-35;31-20-23-18-22(6-9-30(23)36-25-10-16-35-17-11-25)26-2-1-3-28-27(26)19-29(33-28)21-4-7-24(8-5-21)34-14-12-32-13-15-34/h1-6,9,12,17-18,28-29,35-36H,7-8,10-11,13-16,19,21-22H2;1-9,16-17,26-27,34H,10-15,19-21H2;1-9,18-19,25,32-33H,10-17H2/t;27-;/m.1./s1. The molecule has 8 aromatic carbocycles. The van der Waals surface area contributed by atoms with Crippen LogP contribution in [0.3, 0.4) is 0 Å². The molecule has 8 saturated heterocycles. The summed E-state index contributed by atoms with van der Waals surface area (Å²) in [6.45, 7) is 21.2. The number of hydrogen-bond acceptors (Lipinski definition) is 18. The van der Waals surface area contributed by atoms with E-state index in [0.717, 1.165) is 265 Å². The van der Waals surface area contributed by atoms with Crippen LogP contribution in [0.1, 0.15) is 65.6 Å². The summed E-state index contributed by atoms with van der Waals surface area (Å²) in [4.78, 5) is 24.3. The maximum atomic E-state index is 9.96. The molecule has 1 aliphatic carbocycles. The third-order valence-electron chi connectivity index (χ3n) is 24.4. The van der Waals surface area contributed by atoms with E-state index in [1.165, 1.54) is 28.2 Å². The predicted octanol–water partition coefficient (Wildman–Crippen LogP) is 14.3. The number of piperidine rings is 1. The van der Waals surface area contributed by atoms with Crippen LogP contribution in [0.5, 0.6) is 17.2 Å². The van der Waals surface area contributed by atoms with Gasteiger partial charge in [-0.3, -0.25) is 14.8 Å². The number of ether oxygens (including phenoxy) is 6. The molecule has 115 heavy (non-hydrogen) atoms. The van der Waals surface area contributed by atoms with Crippen LogP contribution >= 0.6 is 0 Å². The van der Waals surface area contributed by atoms with Gasteiger partial charge in [0.25, 0.3) is 0 Å². The normalized spacial score (nSPS) is 19.0. The van der Waals surface area contributed by atoms with E-state index in [9.17, 15) is 15.8 Å². The van der Waals surface area contributed by atoms with E-state index in [0.29, 0.717) is 53.2 Å². The van der Waals surface area contributed by atoms with Crippen molar-refractivity contribution in [1.29, 1.82) is 15.8 Å². The van der Waals surface area contributed by atoms with Crippen molar-refractivity contribution in [3.05, 3.63) is 222 Å². The molecule has 0 spiro atoms. The molecule has 5 N–H and O–H groups in total. The first-order valence-corrected chi connectivity index (χ1v) is 41.2. The highest BCUT2D eigenvalue weighted by Crippen LogP contribution is 2.42. The molecule has 1 atom stereocenters. The summed E-state index contributed by atoms with van der Waals surface area (Å²) in [5.74, 6) is 2.00. The van der Waals surface area contributed by atoms with E-state index in [1.807, 2.05) is 42.6 Å². The van der Waals surface area contributed by atoms with E-state index in [1.54, 1.807) is 0 Å². The Morgan fingerprint density at radius 1 is 0.400 bits per heavy atom. The minimum atomic E-state index is 0.102. The largest absolute Gasteiger partial charge is 0.489 e. The number of benzene rings is 8. The number of hydrogen-bond donors (Lipinski definition) is 5. The quantitative estimate of drug-likeness (QED) is 0.0571. The van der Waals surface area contributed by atoms with Crippen molar-refractivity contribution in [3.63, 3.8) is 0 Å². The van der Waals surface area contributed by atoms with Crippen LogP contribution in [-0.4, -0.2) is 200 Å². The Balaban J connectivity index is 0.000000120. The zero-order valence-electron chi connectivity index (χ0n) is 65.1. The number of nitrogens with zero attached hydrogens (tertiary/aromatic N) is 9. The van der Waals surface area contributed by atoms with Crippen molar-refractivity contribution in [2.75, 3.05) is 159 Å². The first-order chi connectivity index (χ1) is 56.8. The number of nitriles is 3. The van der Waals surface area contributed by atoms with Gasteiger partial charge in [0.2, 0.25) is 0 Å². The first kappa shape index (κ1) is 75.1. The number of aromatic amines is 2. The molecular weight excluding hydrogens is 1430 g/mol. The fraction of sp³-hybridized carbons (Fsp3) is 0.347. The zero-order valence-corrected chi connectivity index (χ0v) is 65.1. The van der Waals surface area contributed by atoms with Crippen LogP contribution in [0, 0.1) is 34.0 Å². The summed E-state index contributed by atoms with van der Waals surface area (Å²) >= 11 is 0. The summed E-state index contributed by atoms with van der Waals surface area (Å²) in [5, 5.41) is 42.1. The number of anilines is 3. The Morgan fingerprint density at radius 2 is 0.887 bits per heavy atom. The predicted molar refractivity (Wildman–Crippen MR) is 455 cm³/mol. The fourth-order valence-electron chi connectivity index (χ4n) is 17.5. The second kappa shape index (κ2) is 34.8. The number of nitrogens with one attached hydrogen (secondary N) is 5. The van der Waals surface area contributed by atoms with Crippen LogP contribution in [0.4, 0.5) is 17.1 Å². The molecule has 9 aliphatic rings. The van der Waals surface area contributed by atoms with E-state index in [2.05, 4.69) is 220 Å². The third-order valence-corrected chi connectivity index (χ3v) is 24.4. The lowest BCUT2D eigenvalue weighted by atomic mass is 9.98. The summed E-state index contributed by atoms with van der Waals surface area (Å²) in [6.07, 6.45) is 9.98. The number of morpholine rings is 1. The molecule has 3 aromatic heterocycles. The molecule has 0 unspecified atom stereocenters. The molecule has 0 amide bonds. The zero-order chi connectivity index (χ0) is 77.4. The number of rotatable bonds is 17. The minimum Gasteiger partial charge on any atom is -0.489 e. The molecule has 8 aliphatic heterocycles. The molecule has 11 heterocycles. The molecule has 584 valence electrons. The van der Waals surface area contributed by atoms with Crippen LogP contribution in [0.25, 0.3) is 89.4 Å². The van der Waals surface area contributed by atoms with Crippen LogP contribution < -0.4 is 44.9 Å². The monoisotopic (exact) mass is 1530 g/mol. The highest BCUT2D eigenvalue weighted by molar-refractivity contribution is 6.00. The third kappa shape index (κ3) is 16.8. The summed E-state index contributed by atoms with van der Waals surface area (Å²) in [7, 11) is 0. The van der Waals surface area contributed by atoms with Crippen molar-refractivity contribution in [2.45, 2.75) is 68.9 Å². The van der Waals surface area contributed by atoms with Gasteiger partial charge in [0.05, 0.1) is 68.1 Å². The lowest BCUT2D eigenvalue weighted by Crippen LogP contribution is -2.61. The molecule has 0 saturated carbocycles. The maximum Gasteiger partial charge on any atom is 0.137 e. The van der Waals surface area contributed by atoms with Crippen molar-refractivity contribution in [3.8, 4) is 91.4 Å². The molecule has 0 bridgehead atoms. The van der Waals surface area contributed by atoms with Crippen LogP contribution in [0.15, 0.2) is 188 Å².